The van der Waals surface area contributed by atoms with Crippen LogP contribution < -0.4 is 0 Å². The van der Waals surface area contributed by atoms with Crippen molar-refractivity contribution in [2.24, 2.45) is 5.41 Å². The van der Waals surface area contributed by atoms with Gasteiger partial charge in [-0.1, -0.05) is 25.8 Å². The molecule has 0 bridgehead atoms. The van der Waals surface area contributed by atoms with E-state index in [0.29, 0.717) is 11.5 Å². The minimum absolute atomic E-state index is 0.186. The van der Waals surface area contributed by atoms with E-state index in [1.807, 2.05) is 0 Å². The van der Waals surface area contributed by atoms with Crippen molar-refractivity contribution in [2.45, 2.75) is 44.9 Å². The van der Waals surface area contributed by atoms with Crippen LogP contribution in [0.1, 0.15) is 32.6 Å². The molecule has 0 spiro atoms. The molecular formula is C12H21NO. The van der Waals surface area contributed by atoms with E-state index in [9.17, 15) is 0 Å². The number of likely N-dealkylation sites (N-methyl/N-ethyl adjacent to an activating group) is 1. The number of methoxy groups -OCH3 is 1. The lowest BCUT2D eigenvalue weighted by atomic mass is 9.69. The van der Waals surface area contributed by atoms with E-state index in [0.717, 1.165) is 0 Å². The van der Waals surface area contributed by atoms with Gasteiger partial charge in [0.05, 0.1) is 0 Å². The molecule has 1 fully saturated rings. The summed E-state index contributed by atoms with van der Waals surface area (Å²) in [6.45, 7) is 2.38. The summed E-state index contributed by atoms with van der Waals surface area (Å²) in [7, 11) is 3.98. The molecule has 2 nitrogen and oxygen atoms in total. The average Bonchev–Trinajstić information content (AvgIpc) is 2.18. The zero-order chi connectivity index (χ0) is 10.2. The average molecular weight is 195 g/mol. The van der Waals surface area contributed by atoms with Gasteiger partial charge in [0, 0.05) is 18.6 Å². The Morgan fingerprint density at radius 1 is 1.43 bits per heavy atom. The number of ether oxygens (including phenoxy) is 1. The fraction of sp³-hybridized carbons (Fsp3) is 0.833. The van der Waals surface area contributed by atoms with Crippen molar-refractivity contribution in [3.05, 3.63) is 12.2 Å². The molecule has 2 rings (SSSR count). The van der Waals surface area contributed by atoms with Crippen LogP contribution in [0.5, 0.6) is 0 Å². The van der Waals surface area contributed by atoms with E-state index in [1.165, 1.54) is 25.7 Å². The SMILES string of the molecule is COC1C=C[C@]2(C)CCCC[C@H]2N1C. The fourth-order valence-corrected chi connectivity index (χ4v) is 3.06. The van der Waals surface area contributed by atoms with E-state index in [2.05, 4.69) is 31.0 Å². The largest absolute Gasteiger partial charge is 0.363 e. The molecule has 2 aliphatic rings. The molecule has 14 heavy (non-hydrogen) atoms. The Kier molecular flexibility index (Phi) is 2.67. The van der Waals surface area contributed by atoms with Gasteiger partial charge in [0.25, 0.3) is 0 Å². The van der Waals surface area contributed by atoms with Crippen LogP contribution in [0.4, 0.5) is 0 Å². The lowest BCUT2D eigenvalue weighted by molar-refractivity contribution is -0.0559. The number of fused-ring (bicyclic) bond motifs is 1. The maximum absolute atomic E-state index is 5.44. The fourth-order valence-electron chi connectivity index (χ4n) is 3.06. The molecule has 1 aliphatic carbocycles. The lowest BCUT2D eigenvalue weighted by Gasteiger charge is -2.49. The molecule has 80 valence electrons. The Morgan fingerprint density at radius 3 is 2.93 bits per heavy atom. The molecule has 3 atom stereocenters. The number of rotatable bonds is 1. The zero-order valence-electron chi connectivity index (χ0n) is 9.49. The molecule has 0 aromatic heterocycles. The van der Waals surface area contributed by atoms with Crippen LogP contribution in [0.25, 0.3) is 0 Å². The maximum atomic E-state index is 5.44. The second-order valence-electron chi connectivity index (χ2n) is 4.92. The van der Waals surface area contributed by atoms with Crippen molar-refractivity contribution in [3.63, 3.8) is 0 Å². The van der Waals surface area contributed by atoms with Crippen molar-refractivity contribution in [3.8, 4) is 0 Å². The first-order chi connectivity index (χ1) is 6.67. The van der Waals surface area contributed by atoms with E-state index in [1.54, 1.807) is 7.11 Å². The Balaban J connectivity index is 2.23. The molecule has 1 heterocycles. The summed E-state index contributed by atoms with van der Waals surface area (Å²) in [6.07, 6.45) is 10.2. The normalized spacial score (nSPS) is 43.6. The summed E-state index contributed by atoms with van der Waals surface area (Å²) in [4.78, 5) is 2.39. The van der Waals surface area contributed by atoms with E-state index in [-0.39, 0.29) is 6.23 Å². The molecular weight excluding hydrogens is 174 g/mol. The van der Waals surface area contributed by atoms with Gasteiger partial charge in [-0.3, -0.25) is 4.90 Å². The first-order valence-corrected chi connectivity index (χ1v) is 5.61. The standard InChI is InChI=1S/C12H21NO/c1-12-8-5-4-6-10(12)13(2)11(14-3)7-9-12/h7,9-11H,4-6,8H2,1-3H3/t10-,11?,12+/m1/s1. The minimum Gasteiger partial charge on any atom is -0.363 e. The van der Waals surface area contributed by atoms with Crippen LogP contribution in [0.2, 0.25) is 0 Å². The number of nitrogens with zero attached hydrogens (tertiary/aromatic N) is 1. The molecule has 0 radical (unpaired) electrons. The molecule has 0 amide bonds. The Hall–Kier alpha value is -0.340. The molecule has 0 aromatic carbocycles. The molecule has 1 unspecified atom stereocenters. The Morgan fingerprint density at radius 2 is 2.21 bits per heavy atom. The predicted molar refractivity (Wildman–Crippen MR) is 58.1 cm³/mol. The summed E-state index contributed by atoms with van der Waals surface area (Å²) in [6, 6.07) is 0.672. The third-order valence-corrected chi connectivity index (χ3v) is 3.98. The Bertz CT molecular complexity index is 238. The topological polar surface area (TPSA) is 12.5 Å². The number of hydrogen-bond donors (Lipinski definition) is 0. The second kappa shape index (κ2) is 3.67. The van der Waals surface area contributed by atoms with Crippen molar-refractivity contribution in [1.29, 1.82) is 0 Å². The number of hydrogen-bond acceptors (Lipinski definition) is 2. The lowest BCUT2D eigenvalue weighted by Crippen LogP contribution is -2.52. The zero-order valence-corrected chi connectivity index (χ0v) is 9.49. The van der Waals surface area contributed by atoms with Gasteiger partial charge in [-0.05, 0) is 26.0 Å². The smallest absolute Gasteiger partial charge is 0.129 e. The molecule has 0 aromatic rings. The first kappa shape index (κ1) is 10.2. The van der Waals surface area contributed by atoms with Gasteiger partial charge in [0.15, 0.2) is 0 Å². The first-order valence-electron chi connectivity index (χ1n) is 5.61. The highest BCUT2D eigenvalue weighted by molar-refractivity contribution is 5.12. The minimum atomic E-state index is 0.186. The predicted octanol–water partition coefficient (Wildman–Crippen LogP) is 2.41. The molecule has 1 saturated carbocycles. The van der Waals surface area contributed by atoms with Gasteiger partial charge in [-0.25, -0.2) is 0 Å². The van der Waals surface area contributed by atoms with Crippen LogP contribution in [0, 0.1) is 5.41 Å². The van der Waals surface area contributed by atoms with Gasteiger partial charge >= 0.3 is 0 Å². The van der Waals surface area contributed by atoms with Crippen molar-refractivity contribution < 1.29 is 4.74 Å². The van der Waals surface area contributed by atoms with Gasteiger partial charge in [0.1, 0.15) is 6.23 Å². The van der Waals surface area contributed by atoms with Gasteiger partial charge in [-0.2, -0.15) is 0 Å². The third kappa shape index (κ3) is 1.51. The van der Waals surface area contributed by atoms with Crippen LogP contribution in [-0.4, -0.2) is 31.3 Å². The third-order valence-electron chi connectivity index (χ3n) is 3.98. The highest BCUT2D eigenvalue weighted by atomic mass is 16.5. The summed E-state index contributed by atoms with van der Waals surface area (Å²) < 4.78 is 5.44. The van der Waals surface area contributed by atoms with Crippen molar-refractivity contribution >= 4 is 0 Å². The maximum Gasteiger partial charge on any atom is 0.129 e. The molecule has 0 saturated heterocycles. The summed E-state index contributed by atoms with van der Waals surface area (Å²) in [5.41, 5.74) is 0.391. The molecule has 0 N–H and O–H groups in total. The van der Waals surface area contributed by atoms with Crippen LogP contribution in [-0.2, 0) is 4.74 Å². The van der Waals surface area contributed by atoms with Crippen LogP contribution in [0.3, 0.4) is 0 Å². The highest BCUT2D eigenvalue weighted by Crippen LogP contribution is 2.43. The quantitative estimate of drug-likeness (QED) is 0.596. The van der Waals surface area contributed by atoms with Crippen LogP contribution in [0.15, 0.2) is 12.2 Å². The molecule has 2 heteroatoms. The van der Waals surface area contributed by atoms with Gasteiger partial charge < -0.3 is 4.74 Å². The second-order valence-corrected chi connectivity index (χ2v) is 4.92. The summed E-state index contributed by atoms with van der Waals surface area (Å²) in [5.74, 6) is 0. The Labute approximate surface area is 86.9 Å². The van der Waals surface area contributed by atoms with Gasteiger partial charge in [0.2, 0.25) is 0 Å². The summed E-state index contributed by atoms with van der Waals surface area (Å²) in [5, 5.41) is 0. The van der Waals surface area contributed by atoms with Crippen molar-refractivity contribution in [2.75, 3.05) is 14.2 Å². The van der Waals surface area contributed by atoms with E-state index in [4.69, 9.17) is 4.74 Å². The van der Waals surface area contributed by atoms with Gasteiger partial charge in [-0.15, -0.1) is 0 Å². The van der Waals surface area contributed by atoms with Crippen LogP contribution >= 0.6 is 0 Å². The molecule has 1 aliphatic heterocycles. The summed E-state index contributed by atoms with van der Waals surface area (Å²) >= 11 is 0. The highest BCUT2D eigenvalue weighted by Gasteiger charge is 2.41. The van der Waals surface area contributed by atoms with E-state index >= 15 is 0 Å². The monoisotopic (exact) mass is 195 g/mol. The van der Waals surface area contributed by atoms with Crippen molar-refractivity contribution in [1.82, 2.24) is 4.90 Å². The van der Waals surface area contributed by atoms with E-state index < -0.39 is 0 Å².